The van der Waals surface area contributed by atoms with E-state index in [1.165, 1.54) is 4.90 Å². The molecule has 0 spiro atoms. The number of hydrogen-bond donors (Lipinski definition) is 0. The summed E-state index contributed by atoms with van der Waals surface area (Å²) in [5.41, 5.74) is 0. The Labute approximate surface area is 62.0 Å². The topological polar surface area (TPSA) is 29.5 Å². The van der Waals surface area contributed by atoms with E-state index < -0.39 is 0 Å². The summed E-state index contributed by atoms with van der Waals surface area (Å²) in [6.07, 6.45) is 0. The number of amides is 1. The van der Waals surface area contributed by atoms with E-state index in [1.807, 2.05) is 6.92 Å². The molecule has 0 unspecified atom stereocenters. The third-order valence-electron chi connectivity index (χ3n) is 1.26. The van der Waals surface area contributed by atoms with Crippen molar-refractivity contribution in [2.24, 2.45) is 0 Å². The van der Waals surface area contributed by atoms with Crippen LogP contribution in [0.4, 0.5) is 0 Å². The lowest BCUT2D eigenvalue weighted by Gasteiger charge is -2.17. The molecule has 0 aliphatic rings. The van der Waals surface area contributed by atoms with Gasteiger partial charge < -0.3 is 9.64 Å². The Morgan fingerprint density at radius 2 is 2.30 bits per heavy atom. The average molecular weight is 143 g/mol. The first kappa shape index (κ1) is 9.43. The molecule has 3 heteroatoms. The fourth-order valence-corrected chi connectivity index (χ4v) is 0.626. The predicted molar refractivity (Wildman–Crippen MR) is 38.4 cm³/mol. The summed E-state index contributed by atoms with van der Waals surface area (Å²) in [6, 6.07) is 0. The summed E-state index contributed by atoms with van der Waals surface area (Å²) in [4.78, 5) is 12.0. The van der Waals surface area contributed by atoms with Crippen molar-refractivity contribution in [3.63, 3.8) is 0 Å². The molecular formula is C7H13NO2. The van der Waals surface area contributed by atoms with E-state index in [9.17, 15) is 4.79 Å². The van der Waals surface area contributed by atoms with Crippen LogP contribution in [0.15, 0.2) is 0 Å². The number of hydrogen-bond acceptors (Lipinski definition) is 2. The van der Waals surface area contributed by atoms with E-state index in [0.717, 1.165) is 0 Å². The highest BCUT2D eigenvalue weighted by atomic mass is 16.5. The molecule has 0 saturated carbocycles. The molecule has 0 saturated heterocycles. The first-order valence-corrected chi connectivity index (χ1v) is 3.25. The molecule has 10 heavy (non-hydrogen) atoms. The molecule has 0 aromatic carbocycles. The standard InChI is InChI=1S/C7H13NO2/c1-4-8(7(2)9)5-6-10-3/h2H,4-6H2,1,3H3. The van der Waals surface area contributed by atoms with Crippen LogP contribution in [0, 0.1) is 6.92 Å². The van der Waals surface area contributed by atoms with E-state index in [-0.39, 0.29) is 5.91 Å². The quantitative estimate of drug-likeness (QED) is 0.562. The largest absolute Gasteiger partial charge is 0.383 e. The van der Waals surface area contributed by atoms with Crippen molar-refractivity contribution in [2.75, 3.05) is 26.8 Å². The molecule has 0 aliphatic heterocycles. The van der Waals surface area contributed by atoms with Crippen molar-refractivity contribution in [3.05, 3.63) is 6.92 Å². The van der Waals surface area contributed by atoms with E-state index in [1.54, 1.807) is 7.11 Å². The minimum Gasteiger partial charge on any atom is -0.383 e. The molecule has 1 amide bonds. The SMILES string of the molecule is [CH]C(=O)N(CC)CCOC. The Bertz CT molecular complexity index is 104. The highest BCUT2D eigenvalue weighted by Gasteiger charge is 2.03. The number of carbonyl (C=O) groups is 1. The second-order valence-electron chi connectivity index (χ2n) is 1.91. The molecule has 0 aliphatic carbocycles. The molecule has 0 bridgehead atoms. The molecule has 0 aromatic heterocycles. The summed E-state index contributed by atoms with van der Waals surface area (Å²) >= 11 is 0. The summed E-state index contributed by atoms with van der Waals surface area (Å²) in [5, 5.41) is 0. The van der Waals surface area contributed by atoms with Gasteiger partial charge in [0.2, 0.25) is 5.91 Å². The Hall–Kier alpha value is -0.570. The summed E-state index contributed by atoms with van der Waals surface area (Å²) in [5.74, 6) is -0.389. The van der Waals surface area contributed by atoms with Crippen LogP contribution in [0.25, 0.3) is 0 Å². The summed E-state index contributed by atoms with van der Waals surface area (Å²) in [6.45, 7) is 8.64. The second-order valence-corrected chi connectivity index (χ2v) is 1.91. The van der Waals surface area contributed by atoms with Gasteiger partial charge in [0.25, 0.3) is 0 Å². The second kappa shape index (κ2) is 5.23. The van der Waals surface area contributed by atoms with Crippen LogP contribution in [0.5, 0.6) is 0 Å². The van der Waals surface area contributed by atoms with Crippen LogP contribution in [-0.2, 0) is 9.53 Å². The fourth-order valence-electron chi connectivity index (χ4n) is 0.626. The zero-order chi connectivity index (χ0) is 7.98. The van der Waals surface area contributed by atoms with Gasteiger partial charge in [-0.15, -0.1) is 0 Å². The van der Waals surface area contributed by atoms with Gasteiger partial charge in [-0.05, 0) is 6.92 Å². The first-order chi connectivity index (χ1) is 4.72. The third kappa shape index (κ3) is 3.45. The minimum atomic E-state index is -0.389. The van der Waals surface area contributed by atoms with Crippen molar-refractivity contribution in [1.29, 1.82) is 0 Å². The van der Waals surface area contributed by atoms with Gasteiger partial charge in [-0.25, -0.2) is 0 Å². The lowest BCUT2D eigenvalue weighted by molar-refractivity contribution is -0.126. The summed E-state index contributed by atoms with van der Waals surface area (Å²) < 4.78 is 4.77. The number of rotatable bonds is 4. The molecule has 2 radical (unpaired) electrons. The smallest absolute Gasteiger partial charge is 0.227 e. The highest BCUT2D eigenvalue weighted by Crippen LogP contribution is 1.87. The van der Waals surface area contributed by atoms with Crippen molar-refractivity contribution in [1.82, 2.24) is 4.90 Å². The normalized spacial score (nSPS) is 9.50. The number of carbonyl (C=O) groups excluding carboxylic acids is 1. The zero-order valence-electron chi connectivity index (χ0n) is 6.46. The number of likely N-dealkylation sites (N-methyl/N-ethyl adjacent to an activating group) is 1. The molecule has 0 aromatic rings. The predicted octanol–water partition coefficient (Wildman–Crippen LogP) is 0.192. The Kier molecular flexibility index (Phi) is 4.94. The van der Waals surface area contributed by atoms with Crippen LogP contribution in [-0.4, -0.2) is 37.6 Å². The van der Waals surface area contributed by atoms with Gasteiger partial charge in [0, 0.05) is 20.2 Å². The highest BCUT2D eigenvalue weighted by molar-refractivity contribution is 5.80. The maximum absolute atomic E-state index is 10.5. The Balaban J connectivity index is 3.50. The monoisotopic (exact) mass is 143 g/mol. The van der Waals surface area contributed by atoms with Crippen LogP contribution in [0.3, 0.4) is 0 Å². The Morgan fingerprint density at radius 1 is 1.70 bits per heavy atom. The van der Waals surface area contributed by atoms with Crippen LogP contribution in [0.2, 0.25) is 0 Å². The number of nitrogens with zero attached hydrogens (tertiary/aromatic N) is 1. The van der Waals surface area contributed by atoms with Gasteiger partial charge in [-0.1, -0.05) is 0 Å². The van der Waals surface area contributed by atoms with Gasteiger partial charge >= 0.3 is 0 Å². The zero-order valence-corrected chi connectivity index (χ0v) is 6.46. The first-order valence-electron chi connectivity index (χ1n) is 3.25. The lowest BCUT2D eigenvalue weighted by atomic mass is 10.5. The fraction of sp³-hybridized carbons (Fsp3) is 0.714. The lowest BCUT2D eigenvalue weighted by Crippen LogP contribution is -2.31. The van der Waals surface area contributed by atoms with Crippen LogP contribution in [0.1, 0.15) is 6.92 Å². The Morgan fingerprint density at radius 3 is 2.60 bits per heavy atom. The molecular weight excluding hydrogens is 130 g/mol. The number of ether oxygens (including phenoxy) is 1. The molecule has 0 fully saturated rings. The number of methoxy groups -OCH3 is 1. The van der Waals surface area contributed by atoms with Crippen molar-refractivity contribution < 1.29 is 9.53 Å². The maximum Gasteiger partial charge on any atom is 0.227 e. The van der Waals surface area contributed by atoms with Gasteiger partial charge in [0.05, 0.1) is 13.5 Å². The molecule has 0 heterocycles. The average Bonchev–Trinajstić information content (AvgIpc) is 1.89. The maximum atomic E-state index is 10.5. The van der Waals surface area contributed by atoms with Gasteiger partial charge in [0.15, 0.2) is 0 Å². The van der Waals surface area contributed by atoms with Crippen molar-refractivity contribution in [2.45, 2.75) is 6.92 Å². The van der Waals surface area contributed by atoms with E-state index in [2.05, 4.69) is 0 Å². The third-order valence-corrected chi connectivity index (χ3v) is 1.26. The van der Waals surface area contributed by atoms with E-state index in [4.69, 9.17) is 11.7 Å². The van der Waals surface area contributed by atoms with Gasteiger partial charge in [-0.3, -0.25) is 4.79 Å². The van der Waals surface area contributed by atoms with Gasteiger partial charge in [0.1, 0.15) is 0 Å². The van der Waals surface area contributed by atoms with Gasteiger partial charge in [-0.2, -0.15) is 0 Å². The van der Waals surface area contributed by atoms with E-state index >= 15 is 0 Å². The molecule has 0 N–H and O–H groups in total. The van der Waals surface area contributed by atoms with Crippen LogP contribution >= 0.6 is 0 Å². The van der Waals surface area contributed by atoms with Crippen molar-refractivity contribution in [3.8, 4) is 0 Å². The summed E-state index contributed by atoms with van der Waals surface area (Å²) in [7, 11) is 1.59. The molecule has 58 valence electrons. The minimum absolute atomic E-state index is 0.389. The van der Waals surface area contributed by atoms with E-state index in [0.29, 0.717) is 19.7 Å². The molecule has 3 nitrogen and oxygen atoms in total. The van der Waals surface area contributed by atoms with Crippen molar-refractivity contribution >= 4 is 5.91 Å². The molecule has 0 atom stereocenters. The molecule has 0 rings (SSSR count). The van der Waals surface area contributed by atoms with Crippen LogP contribution < -0.4 is 0 Å².